The van der Waals surface area contributed by atoms with Gasteiger partial charge >= 0.3 is 0 Å². The fourth-order valence-corrected chi connectivity index (χ4v) is 4.36. The number of hydrogen-bond acceptors (Lipinski definition) is 8. The number of amides is 3. The van der Waals surface area contributed by atoms with E-state index in [1.165, 1.54) is 11.3 Å². The Kier molecular flexibility index (Phi) is 12.3. The second-order valence-electron chi connectivity index (χ2n) is 10.5. The van der Waals surface area contributed by atoms with Crippen LogP contribution in [0.3, 0.4) is 0 Å². The Labute approximate surface area is 236 Å². The minimum atomic E-state index is -0.273. The molecule has 0 radical (unpaired) electrons. The van der Waals surface area contributed by atoms with E-state index < -0.39 is 0 Å². The van der Waals surface area contributed by atoms with Crippen LogP contribution in [0.4, 0.5) is 0 Å². The van der Waals surface area contributed by atoms with Crippen LogP contribution >= 0.6 is 0 Å². The Hall–Kier alpha value is -3.06. The highest BCUT2D eigenvalue weighted by atomic mass is 16.5. The Bertz CT molecular complexity index is 1140. The van der Waals surface area contributed by atoms with E-state index in [9.17, 15) is 14.4 Å². The van der Waals surface area contributed by atoms with Gasteiger partial charge in [-0.25, -0.2) is 15.0 Å². The third-order valence-corrected chi connectivity index (χ3v) is 7.20. The van der Waals surface area contributed by atoms with Crippen molar-refractivity contribution in [2.75, 3.05) is 53.6 Å². The first kappa shape index (κ1) is 31.5. The highest BCUT2D eigenvalue weighted by Gasteiger charge is 2.26. The summed E-state index contributed by atoms with van der Waals surface area (Å²) < 4.78 is 13.0. The molecule has 1 atom stereocenters. The van der Waals surface area contributed by atoms with Crippen molar-refractivity contribution in [2.24, 2.45) is 5.92 Å². The third-order valence-electron chi connectivity index (χ3n) is 7.20. The smallest absolute Gasteiger partial charge is 0.239 e. The monoisotopic (exact) mass is 559 g/mol. The second kappa shape index (κ2) is 15.7. The van der Waals surface area contributed by atoms with Gasteiger partial charge in [-0.2, -0.15) is 0 Å². The fraction of sp³-hybridized carbons (Fsp3) is 0.643. The normalized spacial score (nSPS) is 14.8. The molecule has 0 aliphatic carbocycles. The standard InChI is InChI=1S/C28H45N7O5/c1-20(2)21(3)32-26(37)9-13-39-15-16-40-14-11-29-27(38)17-31-25(36)8-12-35-24-19-34(5)33(4)18-23(24)22-7-6-10-30-28(22)35/h6-7,10,20-21H,8-9,11-19H2,1-5H3,(H,29,38)(H,31,36)(H,32,37). The molecule has 3 heterocycles. The quantitative estimate of drug-likeness (QED) is 0.260. The molecule has 0 aromatic carbocycles. The molecule has 2 aromatic heterocycles. The predicted octanol–water partition coefficient (Wildman–Crippen LogP) is 1.04. The van der Waals surface area contributed by atoms with Crippen molar-refractivity contribution in [1.82, 2.24) is 35.5 Å². The Balaban J connectivity index is 1.26. The summed E-state index contributed by atoms with van der Waals surface area (Å²) in [5.74, 6) is -0.0968. The van der Waals surface area contributed by atoms with Crippen LogP contribution in [0, 0.1) is 5.92 Å². The molecule has 0 saturated carbocycles. The summed E-state index contributed by atoms with van der Waals surface area (Å²) in [5.41, 5.74) is 3.30. The van der Waals surface area contributed by atoms with Gasteiger partial charge in [0, 0.05) is 69.9 Å². The number of fused-ring (bicyclic) bond motifs is 3. The highest BCUT2D eigenvalue weighted by Crippen LogP contribution is 2.30. The number of rotatable bonds is 16. The number of carbonyl (C=O) groups excluding carboxylic acids is 3. The summed E-state index contributed by atoms with van der Waals surface area (Å²) in [7, 11) is 4.10. The number of nitrogens with one attached hydrogen (secondary N) is 3. The molecule has 0 saturated heterocycles. The van der Waals surface area contributed by atoms with E-state index >= 15 is 0 Å². The first-order chi connectivity index (χ1) is 19.2. The molecule has 222 valence electrons. The summed E-state index contributed by atoms with van der Waals surface area (Å²) in [5, 5.41) is 13.8. The zero-order valence-electron chi connectivity index (χ0n) is 24.5. The van der Waals surface area contributed by atoms with Crippen LogP contribution < -0.4 is 16.0 Å². The zero-order valence-corrected chi connectivity index (χ0v) is 24.5. The van der Waals surface area contributed by atoms with Crippen molar-refractivity contribution in [3.8, 4) is 0 Å². The zero-order chi connectivity index (χ0) is 29.1. The molecule has 12 heteroatoms. The van der Waals surface area contributed by atoms with Crippen molar-refractivity contribution >= 4 is 28.8 Å². The number of pyridine rings is 1. The molecule has 2 aromatic rings. The van der Waals surface area contributed by atoms with Crippen molar-refractivity contribution in [3.63, 3.8) is 0 Å². The van der Waals surface area contributed by atoms with Crippen LogP contribution in [0.2, 0.25) is 0 Å². The van der Waals surface area contributed by atoms with Crippen LogP contribution in [0.1, 0.15) is 44.9 Å². The first-order valence-corrected chi connectivity index (χ1v) is 14.0. The maximum absolute atomic E-state index is 12.5. The van der Waals surface area contributed by atoms with Gasteiger partial charge in [0.15, 0.2) is 0 Å². The molecule has 1 aliphatic heterocycles. The lowest BCUT2D eigenvalue weighted by Gasteiger charge is -2.33. The highest BCUT2D eigenvalue weighted by molar-refractivity contribution is 5.85. The van der Waals surface area contributed by atoms with E-state index in [0.29, 0.717) is 51.9 Å². The third kappa shape index (κ3) is 9.26. The van der Waals surface area contributed by atoms with Gasteiger partial charge in [-0.3, -0.25) is 14.4 Å². The second-order valence-corrected chi connectivity index (χ2v) is 10.5. The van der Waals surface area contributed by atoms with E-state index in [1.54, 1.807) is 6.20 Å². The van der Waals surface area contributed by atoms with Crippen LogP contribution in [0.25, 0.3) is 11.0 Å². The van der Waals surface area contributed by atoms with Gasteiger partial charge in [-0.05, 0) is 30.5 Å². The number of hydrazine groups is 1. The van der Waals surface area contributed by atoms with Crippen molar-refractivity contribution in [1.29, 1.82) is 0 Å². The van der Waals surface area contributed by atoms with Gasteiger partial charge in [-0.15, -0.1) is 0 Å². The molecule has 1 aliphatic rings. The summed E-state index contributed by atoms with van der Waals surface area (Å²) in [6.45, 7) is 9.80. The maximum atomic E-state index is 12.5. The fourth-order valence-electron chi connectivity index (χ4n) is 4.36. The molecule has 1 unspecified atom stereocenters. The number of aryl methyl sites for hydroxylation is 1. The van der Waals surface area contributed by atoms with E-state index in [1.807, 2.05) is 20.0 Å². The van der Waals surface area contributed by atoms with Crippen LogP contribution in [-0.4, -0.2) is 96.9 Å². The van der Waals surface area contributed by atoms with Crippen molar-refractivity contribution < 1.29 is 23.9 Å². The van der Waals surface area contributed by atoms with E-state index in [4.69, 9.17) is 9.47 Å². The Morgan fingerprint density at radius 3 is 2.40 bits per heavy atom. The number of aromatic nitrogens is 2. The average Bonchev–Trinajstić information content (AvgIpc) is 3.22. The number of carbonyl (C=O) groups is 3. The molecule has 12 nitrogen and oxygen atoms in total. The Morgan fingerprint density at radius 1 is 0.925 bits per heavy atom. The lowest BCUT2D eigenvalue weighted by Crippen LogP contribution is -2.40. The average molecular weight is 560 g/mol. The van der Waals surface area contributed by atoms with Crippen LogP contribution in [0.15, 0.2) is 18.3 Å². The van der Waals surface area contributed by atoms with E-state index in [-0.39, 0.29) is 36.7 Å². The minimum Gasteiger partial charge on any atom is -0.379 e. The first-order valence-electron chi connectivity index (χ1n) is 14.0. The minimum absolute atomic E-state index is 0.0214. The van der Waals surface area contributed by atoms with Gasteiger partial charge in [0.25, 0.3) is 0 Å². The molecule has 0 bridgehead atoms. The molecule has 40 heavy (non-hydrogen) atoms. The van der Waals surface area contributed by atoms with Gasteiger partial charge in [-0.1, -0.05) is 13.8 Å². The SMILES string of the molecule is CC(C)C(C)NC(=O)CCOCCOCCNC(=O)CNC(=O)CCn1c2c(c3cccnc31)CN(C)N(C)C2. The summed E-state index contributed by atoms with van der Waals surface area (Å²) >= 11 is 0. The lowest BCUT2D eigenvalue weighted by molar-refractivity contribution is -0.126. The molecule has 3 amide bonds. The van der Waals surface area contributed by atoms with Crippen LogP contribution in [-0.2, 0) is 43.5 Å². The molecule has 0 fully saturated rings. The number of nitrogens with zero attached hydrogens (tertiary/aromatic N) is 4. The summed E-state index contributed by atoms with van der Waals surface area (Å²) in [4.78, 5) is 41.0. The van der Waals surface area contributed by atoms with Gasteiger partial charge in [0.2, 0.25) is 17.7 Å². The topological polar surface area (TPSA) is 130 Å². The number of hydrogen-bond donors (Lipinski definition) is 3. The van der Waals surface area contributed by atoms with E-state index in [0.717, 1.165) is 24.1 Å². The largest absolute Gasteiger partial charge is 0.379 e. The summed E-state index contributed by atoms with van der Waals surface area (Å²) in [6, 6.07) is 4.15. The van der Waals surface area contributed by atoms with Crippen molar-refractivity contribution in [2.45, 2.75) is 59.3 Å². The van der Waals surface area contributed by atoms with Gasteiger partial charge < -0.3 is 30.0 Å². The molecule has 3 rings (SSSR count). The molecular weight excluding hydrogens is 514 g/mol. The Morgan fingerprint density at radius 2 is 1.65 bits per heavy atom. The van der Waals surface area contributed by atoms with E-state index in [2.05, 4.69) is 62.5 Å². The molecule has 0 spiro atoms. The van der Waals surface area contributed by atoms with Gasteiger partial charge in [0.1, 0.15) is 5.65 Å². The predicted molar refractivity (Wildman–Crippen MR) is 152 cm³/mol. The molecule has 3 N–H and O–H groups in total. The lowest BCUT2D eigenvalue weighted by atomic mass is 10.1. The van der Waals surface area contributed by atoms with Crippen LogP contribution in [0.5, 0.6) is 0 Å². The molecular formula is C28H45N7O5. The van der Waals surface area contributed by atoms with Gasteiger partial charge in [0.05, 0.1) is 39.5 Å². The van der Waals surface area contributed by atoms with Crippen molar-refractivity contribution in [3.05, 3.63) is 29.6 Å². The summed E-state index contributed by atoms with van der Waals surface area (Å²) in [6.07, 6.45) is 2.34. The maximum Gasteiger partial charge on any atom is 0.239 e. The number of ether oxygens (including phenoxy) is 2.